The smallest absolute Gasteiger partial charge is 0.289 e. The Hall–Kier alpha value is -1.52. The number of rotatable bonds is 1. The van der Waals surface area contributed by atoms with Crippen LogP contribution in [0.5, 0.6) is 0 Å². The predicted molar refractivity (Wildman–Crippen MR) is 69.3 cm³/mol. The van der Waals surface area contributed by atoms with E-state index in [1.165, 1.54) is 17.8 Å². The number of nitrogens with zero attached hydrogens (tertiary/aromatic N) is 2. The van der Waals surface area contributed by atoms with E-state index in [0.29, 0.717) is 21.3 Å². The molecule has 0 aliphatic rings. The van der Waals surface area contributed by atoms with E-state index in [0.717, 1.165) is 0 Å². The van der Waals surface area contributed by atoms with Crippen LogP contribution in [0, 0.1) is 0 Å². The fourth-order valence-corrected chi connectivity index (χ4v) is 1.97. The first-order valence-corrected chi connectivity index (χ1v) is 5.54. The van der Waals surface area contributed by atoms with Gasteiger partial charge < -0.3 is 5.73 Å². The van der Waals surface area contributed by atoms with Crippen molar-refractivity contribution in [1.82, 2.24) is 9.78 Å². The number of aromatic nitrogens is 2. The third kappa shape index (κ3) is 2.28. The number of halogens is 2. The minimum absolute atomic E-state index is 0.128. The minimum Gasteiger partial charge on any atom is -0.394 e. The molecule has 88 valence electrons. The molecule has 1 aromatic carbocycles. The molecule has 6 heteroatoms. The van der Waals surface area contributed by atoms with Gasteiger partial charge in [0.25, 0.3) is 5.56 Å². The molecule has 2 rings (SSSR count). The van der Waals surface area contributed by atoms with Crippen LogP contribution in [0.1, 0.15) is 0 Å². The van der Waals surface area contributed by atoms with E-state index in [1.54, 1.807) is 18.2 Å². The highest BCUT2D eigenvalue weighted by atomic mass is 35.5. The lowest BCUT2D eigenvalue weighted by atomic mass is 10.1. The molecule has 17 heavy (non-hydrogen) atoms. The molecule has 0 amide bonds. The van der Waals surface area contributed by atoms with Gasteiger partial charge in [-0.1, -0.05) is 23.2 Å². The van der Waals surface area contributed by atoms with Crippen molar-refractivity contribution in [3.05, 3.63) is 44.7 Å². The zero-order valence-electron chi connectivity index (χ0n) is 8.95. The SMILES string of the molecule is Cn1nc(-c2ccc(Cl)cc2Cl)cc(N)c1=O. The molecule has 0 fully saturated rings. The molecule has 0 bridgehead atoms. The third-order valence-corrected chi connectivity index (χ3v) is 2.85. The monoisotopic (exact) mass is 269 g/mol. The first kappa shape index (κ1) is 12.0. The number of aryl methyl sites for hydroxylation is 1. The summed E-state index contributed by atoms with van der Waals surface area (Å²) < 4.78 is 1.18. The fraction of sp³-hybridized carbons (Fsp3) is 0.0909. The zero-order valence-corrected chi connectivity index (χ0v) is 10.5. The number of anilines is 1. The second-order valence-electron chi connectivity index (χ2n) is 3.54. The number of hydrogen-bond acceptors (Lipinski definition) is 3. The quantitative estimate of drug-likeness (QED) is 0.865. The minimum atomic E-state index is -0.334. The van der Waals surface area contributed by atoms with Crippen molar-refractivity contribution in [3.63, 3.8) is 0 Å². The van der Waals surface area contributed by atoms with Gasteiger partial charge in [-0.3, -0.25) is 4.79 Å². The maximum Gasteiger partial charge on any atom is 0.289 e. The lowest BCUT2D eigenvalue weighted by Gasteiger charge is -2.06. The summed E-state index contributed by atoms with van der Waals surface area (Å²) in [4.78, 5) is 11.4. The van der Waals surface area contributed by atoms with Crippen LogP contribution < -0.4 is 11.3 Å². The summed E-state index contributed by atoms with van der Waals surface area (Å²) in [5, 5.41) is 5.09. The number of nitrogen functional groups attached to an aromatic ring is 1. The van der Waals surface area contributed by atoms with Crippen LogP contribution in [0.2, 0.25) is 10.0 Å². The number of nitrogens with two attached hydrogens (primary N) is 1. The first-order valence-electron chi connectivity index (χ1n) is 4.78. The van der Waals surface area contributed by atoms with E-state index in [1.807, 2.05) is 0 Å². The Labute approximate surface area is 108 Å². The van der Waals surface area contributed by atoms with E-state index in [2.05, 4.69) is 5.10 Å². The molecule has 0 aliphatic carbocycles. The Balaban J connectivity index is 2.65. The van der Waals surface area contributed by atoms with Gasteiger partial charge in [0.15, 0.2) is 0 Å². The van der Waals surface area contributed by atoms with E-state index in [9.17, 15) is 4.79 Å². The third-order valence-electron chi connectivity index (χ3n) is 2.30. The summed E-state index contributed by atoms with van der Waals surface area (Å²) in [6.45, 7) is 0. The topological polar surface area (TPSA) is 60.9 Å². The van der Waals surface area contributed by atoms with Crippen LogP contribution in [-0.4, -0.2) is 9.78 Å². The number of benzene rings is 1. The van der Waals surface area contributed by atoms with Gasteiger partial charge in [0.1, 0.15) is 5.69 Å². The van der Waals surface area contributed by atoms with Gasteiger partial charge in [0.05, 0.1) is 10.7 Å². The van der Waals surface area contributed by atoms with E-state index < -0.39 is 0 Å². The van der Waals surface area contributed by atoms with Crippen molar-refractivity contribution in [2.24, 2.45) is 7.05 Å². The second kappa shape index (κ2) is 4.39. The summed E-state index contributed by atoms with van der Waals surface area (Å²) in [7, 11) is 1.53. The summed E-state index contributed by atoms with van der Waals surface area (Å²) in [5.74, 6) is 0. The predicted octanol–water partition coefficient (Wildman–Crippen LogP) is 2.34. The van der Waals surface area contributed by atoms with Gasteiger partial charge in [-0.15, -0.1) is 0 Å². The Kier molecular flexibility index (Phi) is 3.09. The molecule has 0 atom stereocenters. The molecule has 0 unspecified atom stereocenters. The second-order valence-corrected chi connectivity index (χ2v) is 4.38. The molecule has 2 N–H and O–H groups in total. The molecule has 0 saturated heterocycles. The van der Waals surface area contributed by atoms with Crippen LogP contribution in [0.3, 0.4) is 0 Å². The Bertz CT molecular complexity index is 611. The molecule has 0 aliphatic heterocycles. The fourth-order valence-electron chi connectivity index (χ4n) is 1.46. The van der Waals surface area contributed by atoms with Gasteiger partial charge in [-0.25, -0.2) is 4.68 Å². The summed E-state index contributed by atoms with van der Waals surface area (Å²) in [6.07, 6.45) is 0. The van der Waals surface area contributed by atoms with Gasteiger partial charge in [0, 0.05) is 17.6 Å². The van der Waals surface area contributed by atoms with Crippen LogP contribution in [0.25, 0.3) is 11.3 Å². The van der Waals surface area contributed by atoms with Crippen molar-refractivity contribution in [2.75, 3.05) is 5.73 Å². The normalized spacial score (nSPS) is 10.5. The standard InChI is InChI=1S/C11H9Cl2N3O/c1-16-11(17)9(14)5-10(15-16)7-3-2-6(12)4-8(7)13/h2-5H,14H2,1H3. The van der Waals surface area contributed by atoms with Crippen molar-refractivity contribution in [2.45, 2.75) is 0 Å². The zero-order chi connectivity index (χ0) is 12.6. The number of hydrogen-bond donors (Lipinski definition) is 1. The molecule has 2 aromatic rings. The average molecular weight is 270 g/mol. The Morgan fingerprint density at radius 3 is 2.59 bits per heavy atom. The molecule has 0 saturated carbocycles. The lowest BCUT2D eigenvalue weighted by molar-refractivity contribution is 0.715. The maximum atomic E-state index is 11.4. The molecular weight excluding hydrogens is 261 g/mol. The Morgan fingerprint density at radius 1 is 1.29 bits per heavy atom. The highest BCUT2D eigenvalue weighted by molar-refractivity contribution is 6.36. The first-order chi connectivity index (χ1) is 7.99. The van der Waals surface area contributed by atoms with Crippen molar-refractivity contribution < 1.29 is 0 Å². The van der Waals surface area contributed by atoms with Crippen molar-refractivity contribution in [1.29, 1.82) is 0 Å². The Morgan fingerprint density at radius 2 is 2.00 bits per heavy atom. The van der Waals surface area contributed by atoms with Gasteiger partial charge >= 0.3 is 0 Å². The molecule has 4 nitrogen and oxygen atoms in total. The highest BCUT2D eigenvalue weighted by Gasteiger charge is 2.09. The van der Waals surface area contributed by atoms with E-state index >= 15 is 0 Å². The summed E-state index contributed by atoms with van der Waals surface area (Å²) in [6, 6.07) is 6.54. The molecule has 1 heterocycles. The summed E-state index contributed by atoms with van der Waals surface area (Å²) in [5.41, 5.74) is 6.60. The molecule has 0 radical (unpaired) electrons. The summed E-state index contributed by atoms with van der Waals surface area (Å²) >= 11 is 11.9. The average Bonchev–Trinajstić information content (AvgIpc) is 2.25. The van der Waals surface area contributed by atoms with Crippen LogP contribution >= 0.6 is 23.2 Å². The van der Waals surface area contributed by atoms with Crippen molar-refractivity contribution >= 4 is 28.9 Å². The molecule has 0 spiro atoms. The van der Waals surface area contributed by atoms with Crippen LogP contribution in [0.15, 0.2) is 29.1 Å². The largest absolute Gasteiger partial charge is 0.394 e. The van der Waals surface area contributed by atoms with Gasteiger partial charge in [-0.2, -0.15) is 5.10 Å². The maximum absolute atomic E-state index is 11.4. The van der Waals surface area contributed by atoms with E-state index in [4.69, 9.17) is 28.9 Å². The van der Waals surface area contributed by atoms with Gasteiger partial charge in [-0.05, 0) is 24.3 Å². The van der Waals surface area contributed by atoms with E-state index in [-0.39, 0.29) is 11.2 Å². The van der Waals surface area contributed by atoms with Crippen LogP contribution in [0.4, 0.5) is 5.69 Å². The van der Waals surface area contributed by atoms with Gasteiger partial charge in [0.2, 0.25) is 0 Å². The molecular formula is C11H9Cl2N3O. The molecule has 1 aromatic heterocycles. The highest BCUT2D eigenvalue weighted by Crippen LogP contribution is 2.28. The van der Waals surface area contributed by atoms with Crippen LogP contribution in [-0.2, 0) is 7.05 Å². The lowest BCUT2D eigenvalue weighted by Crippen LogP contribution is -2.22. The van der Waals surface area contributed by atoms with Crippen molar-refractivity contribution in [3.8, 4) is 11.3 Å².